The van der Waals surface area contributed by atoms with Crippen molar-refractivity contribution in [2.75, 3.05) is 0 Å². The van der Waals surface area contributed by atoms with Gasteiger partial charge in [0.05, 0.1) is 10.6 Å². The Morgan fingerprint density at radius 2 is 1.59 bits per heavy atom. The molecule has 2 amide bonds. The summed E-state index contributed by atoms with van der Waals surface area (Å²) in [6.45, 7) is 0. The summed E-state index contributed by atoms with van der Waals surface area (Å²) >= 11 is 12.0. The summed E-state index contributed by atoms with van der Waals surface area (Å²) in [6.07, 6.45) is 0.213. The van der Waals surface area contributed by atoms with Crippen LogP contribution in [0.5, 0.6) is 0 Å². The summed E-state index contributed by atoms with van der Waals surface area (Å²) in [7, 11) is 0. The molecule has 0 fully saturated rings. The molecular weight excluding hydrogens is 323 g/mol. The van der Waals surface area contributed by atoms with Gasteiger partial charge >= 0.3 is 0 Å². The van der Waals surface area contributed by atoms with Crippen molar-refractivity contribution in [2.24, 2.45) is 5.73 Å². The SMILES string of the molecule is NC(=O)[C@@H](Cc1ccccc1Cl)NC(=O)c1ccccc1Cl. The fourth-order valence-corrected chi connectivity index (χ4v) is 2.42. The average molecular weight is 337 g/mol. The number of primary amides is 1. The number of hydrogen-bond donors (Lipinski definition) is 2. The number of nitrogens with two attached hydrogens (primary N) is 1. The summed E-state index contributed by atoms with van der Waals surface area (Å²) < 4.78 is 0. The van der Waals surface area contributed by atoms with Crippen molar-refractivity contribution >= 4 is 35.0 Å². The van der Waals surface area contributed by atoms with E-state index in [0.717, 1.165) is 5.56 Å². The van der Waals surface area contributed by atoms with Gasteiger partial charge in [0.15, 0.2) is 0 Å². The lowest BCUT2D eigenvalue weighted by molar-refractivity contribution is -0.119. The first-order chi connectivity index (χ1) is 10.5. The summed E-state index contributed by atoms with van der Waals surface area (Å²) in [5.74, 6) is -1.10. The van der Waals surface area contributed by atoms with E-state index in [1.807, 2.05) is 0 Å². The van der Waals surface area contributed by atoms with Crippen LogP contribution in [0.15, 0.2) is 48.5 Å². The number of rotatable bonds is 5. The first-order valence-electron chi connectivity index (χ1n) is 6.57. The predicted molar refractivity (Wildman–Crippen MR) is 87.1 cm³/mol. The maximum Gasteiger partial charge on any atom is 0.253 e. The second-order valence-electron chi connectivity index (χ2n) is 4.70. The molecule has 0 aliphatic heterocycles. The summed E-state index contributed by atoms with van der Waals surface area (Å²) in [5.41, 5.74) is 6.39. The predicted octanol–water partition coefficient (Wildman–Crippen LogP) is 2.82. The molecule has 6 heteroatoms. The van der Waals surface area contributed by atoms with Crippen molar-refractivity contribution < 1.29 is 9.59 Å². The summed E-state index contributed by atoms with van der Waals surface area (Å²) in [5, 5.41) is 3.41. The zero-order valence-corrected chi connectivity index (χ0v) is 13.1. The second-order valence-corrected chi connectivity index (χ2v) is 5.52. The zero-order chi connectivity index (χ0) is 16.1. The van der Waals surface area contributed by atoms with Crippen molar-refractivity contribution in [1.29, 1.82) is 0 Å². The Morgan fingerprint density at radius 1 is 1.00 bits per heavy atom. The number of nitrogens with one attached hydrogen (secondary N) is 1. The van der Waals surface area contributed by atoms with Crippen molar-refractivity contribution in [3.8, 4) is 0 Å². The summed E-state index contributed by atoms with van der Waals surface area (Å²) in [4.78, 5) is 23.8. The van der Waals surface area contributed by atoms with E-state index in [0.29, 0.717) is 10.0 Å². The maximum atomic E-state index is 12.2. The van der Waals surface area contributed by atoms with Gasteiger partial charge in [0.25, 0.3) is 5.91 Å². The zero-order valence-electron chi connectivity index (χ0n) is 11.6. The smallest absolute Gasteiger partial charge is 0.253 e. The highest BCUT2D eigenvalue weighted by Gasteiger charge is 2.21. The van der Waals surface area contributed by atoms with E-state index < -0.39 is 17.9 Å². The van der Waals surface area contributed by atoms with Crippen LogP contribution >= 0.6 is 23.2 Å². The Kier molecular flexibility index (Phi) is 5.41. The number of amides is 2. The van der Waals surface area contributed by atoms with Crippen LogP contribution in [0.2, 0.25) is 10.0 Å². The fourth-order valence-electron chi connectivity index (χ4n) is 1.99. The molecule has 114 valence electrons. The monoisotopic (exact) mass is 336 g/mol. The highest BCUT2D eigenvalue weighted by Crippen LogP contribution is 2.18. The number of carbonyl (C=O) groups is 2. The first-order valence-corrected chi connectivity index (χ1v) is 7.32. The Hall–Kier alpha value is -2.04. The van der Waals surface area contributed by atoms with Crippen LogP contribution in [0.3, 0.4) is 0 Å². The number of carbonyl (C=O) groups excluding carboxylic acids is 2. The van der Waals surface area contributed by atoms with Crippen molar-refractivity contribution in [3.63, 3.8) is 0 Å². The highest BCUT2D eigenvalue weighted by molar-refractivity contribution is 6.33. The number of halogens is 2. The Labute approximate surface area is 138 Å². The molecule has 1 atom stereocenters. The average Bonchev–Trinajstić information content (AvgIpc) is 2.49. The molecule has 0 saturated carbocycles. The topological polar surface area (TPSA) is 72.2 Å². The fraction of sp³-hybridized carbons (Fsp3) is 0.125. The van der Waals surface area contributed by atoms with E-state index >= 15 is 0 Å². The van der Waals surface area contributed by atoms with Gasteiger partial charge in [0.1, 0.15) is 6.04 Å². The van der Waals surface area contributed by atoms with E-state index in [2.05, 4.69) is 5.32 Å². The lowest BCUT2D eigenvalue weighted by Crippen LogP contribution is -2.46. The number of benzene rings is 2. The minimum Gasteiger partial charge on any atom is -0.368 e. The van der Waals surface area contributed by atoms with Gasteiger partial charge in [-0.3, -0.25) is 9.59 Å². The largest absolute Gasteiger partial charge is 0.368 e. The van der Waals surface area contributed by atoms with Crippen molar-refractivity contribution in [1.82, 2.24) is 5.32 Å². The minimum absolute atomic E-state index is 0.213. The third-order valence-corrected chi connectivity index (χ3v) is 3.85. The molecule has 0 aliphatic carbocycles. The molecule has 0 spiro atoms. The van der Waals surface area contributed by atoms with Crippen molar-refractivity contribution in [2.45, 2.75) is 12.5 Å². The molecule has 22 heavy (non-hydrogen) atoms. The molecular formula is C16H14Cl2N2O2. The molecule has 0 aliphatic rings. The maximum absolute atomic E-state index is 12.2. The van der Waals surface area contributed by atoms with Gasteiger partial charge < -0.3 is 11.1 Å². The lowest BCUT2D eigenvalue weighted by atomic mass is 10.0. The van der Waals surface area contributed by atoms with Gasteiger partial charge in [-0.1, -0.05) is 53.5 Å². The molecule has 0 saturated heterocycles. The van der Waals surface area contributed by atoms with E-state index in [1.54, 1.807) is 48.5 Å². The molecule has 0 unspecified atom stereocenters. The van der Waals surface area contributed by atoms with E-state index in [4.69, 9.17) is 28.9 Å². The molecule has 2 rings (SSSR count). The van der Waals surface area contributed by atoms with E-state index in [1.165, 1.54) is 0 Å². The summed E-state index contributed by atoms with van der Waals surface area (Å²) in [6, 6.07) is 12.8. The van der Waals surface area contributed by atoms with Crippen LogP contribution in [-0.4, -0.2) is 17.9 Å². The third-order valence-electron chi connectivity index (χ3n) is 3.15. The Balaban J connectivity index is 2.16. The molecule has 0 heterocycles. The number of hydrogen-bond acceptors (Lipinski definition) is 2. The molecule has 4 nitrogen and oxygen atoms in total. The van der Waals surface area contributed by atoms with Gasteiger partial charge in [-0.2, -0.15) is 0 Å². The normalized spacial score (nSPS) is 11.7. The van der Waals surface area contributed by atoms with Gasteiger partial charge in [-0.05, 0) is 23.8 Å². The van der Waals surface area contributed by atoms with Crippen LogP contribution in [-0.2, 0) is 11.2 Å². The van der Waals surface area contributed by atoms with Gasteiger partial charge in [0, 0.05) is 11.4 Å². The van der Waals surface area contributed by atoms with Crippen LogP contribution in [0.1, 0.15) is 15.9 Å². The standard InChI is InChI=1S/C16H14Cl2N2O2/c17-12-7-3-1-5-10(12)9-14(15(19)21)20-16(22)11-6-2-4-8-13(11)18/h1-8,14H,9H2,(H2,19,21)(H,20,22)/t14-/m1/s1. The van der Waals surface area contributed by atoms with Crippen LogP contribution < -0.4 is 11.1 Å². The molecule has 2 aromatic carbocycles. The van der Waals surface area contributed by atoms with Crippen LogP contribution in [0, 0.1) is 0 Å². The van der Waals surface area contributed by atoms with E-state index in [-0.39, 0.29) is 12.0 Å². The molecule has 2 aromatic rings. The quantitative estimate of drug-likeness (QED) is 0.881. The molecule has 0 radical (unpaired) electrons. The van der Waals surface area contributed by atoms with Crippen LogP contribution in [0.25, 0.3) is 0 Å². The lowest BCUT2D eigenvalue weighted by Gasteiger charge is -2.16. The highest BCUT2D eigenvalue weighted by atomic mass is 35.5. The minimum atomic E-state index is -0.872. The Bertz CT molecular complexity index is 704. The molecule has 0 aromatic heterocycles. The van der Waals surface area contributed by atoms with Gasteiger partial charge in [-0.25, -0.2) is 0 Å². The van der Waals surface area contributed by atoms with Crippen LogP contribution in [0.4, 0.5) is 0 Å². The van der Waals surface area contributed by atoms with Gasteiger partial charge in [0.2, 0.25) is 5.91 Å². The van der Waals surface area contributed by atoms with Gasteiger partial charge in [-0.15, -0.1) is 0 Å². The third kappa shape index (κ3) is 4.00. The van der Waals surface area contributed by atoms with E-state index in [9.17, 15) is 9.59 Å². The molecule has 3 N–H and O–H groups in total. The Morgan fingerprint density at radius 3 is 2.18 bits per heavy atom. The van der Waals surface area contributed by atoms with Crippen molar-refractivity contribution in [3.05, 3.63) is 69.7 Å². The molecule has 0 bridgehead atoms. The second kappa shape index (κ2) is 7.29. The first kappa shape index (κ1) is 16.3.